The second-order valence-corrected chi connectivity index (χ2v) is 11.1. The van der Waals surface area contributed by atoms with Gasteiger partial charge >= 0.3 is 0 Å². The summed E-state index contributed by atoms with van der Waals surface area (Å²) in [6.07, 6.45) is 8.61. The van der Waals surface area contributed by atoms with Crippen LogP contribution in [0.3, 0.4) is 0 Å². The van der Waals surface area contributed by atoms with Gasteiger partial charge in [0.05, 0.1) is 16.5 Å². The molecule has 1 saturated heterocycles. The van der Waals surface area contributed by atoms with Crippen molar-refractivity contribution < 1.29 is 12.8 Å². The summed E-state index contributed by atoms with van der Waals surface area (Å²) in [5.74, 6) is -0.0178. The van der Waals surface area contributed by atoms with Crippen molar-refractivity contribution in [3.8, 4) is 11.4 Å². The first-order valence-corrected chi connectivity index (χ1v) is 12.7. The van der Waals surface area contributed by atoms with Crippen LogP contribution in [0.25, 0.3) is 22.4 Å². The lowest BCUT2D eigenvalue weighted by molar-refractivity contribution is 0.450. The van der Waals surface area contributed by atoms with Crippen LogP contribution in [0.2, 0.25) is 5.02 Å². The Morgan fingerprint density at radius 3 is 2.84 bits per heavy atom. The van der Waals surface area contributed by atoms with Gasteiger partial charge in [-0.3, -0.25) is 0 Å². The van der Waals surface area contributed by atoms with Gasteiger partial charge in [-0.05, 0) is 31.2 Å². The molecule has 1 aliphatic carbocycles. The summed E-state index contributed by atoms with van der Waals surface area (Å²) < 4.78 is 41.7. The molecule has 4 heterocycles. The molecule has 1 atom stereocenters. The quantitative estimate of drug-likeness (QED) is 0.558. The van der Waals surface area contributed by atoms with Crippen LogP contribution in [0.5, 0.6) is 0 Å². The van der Waals surface area contributed by atoms with Crippen LogP contribution in [0.4, 0.5) is 10.2 Å². The normalized spacial score (nSPS) is 20.4. The van der Waals surface area contributed by atoms with Crippen molar-refractivity contribution in [3.05, 3.63) is 35.5 Å². The first-order chi connectivity index (χ1) is 15.4. The lowest BCUT2D eigenvalue weighted by Crippen LogP contribution is -2.36. The zero-order valence-corrected chi connectivity index (χ0v) is 19.0. The number of H-pyrrole nitrogens is 1. The molecule has 0 amide bonds. The fourth-order valence-corrected chi connectivity index (χ4v) is 6.90. The molecule has 2 N–H and O–H groups in total. The lowest BCUT2D eigenvalue weighted by atomic mass is 10.1. The Morgan fingerprint density at radius 1 is 1.22 bits per heavy atom. The predicted molar refractivity (Wildman–Crippen MR) is 121 cm³/mol. The number of halogens is 2. The summed E-state index contributed by atoms with van der Waals surface area (Å²) >= 11 is 6.06. The molecule has 5 rings (SSSR count). The van der Waals surface area contributed by atoms with Crippen LogP contribution in [0, 0.1) is 11.7 Å². The molecule has 0 aromatic carbocycles. The minimum atomic E-state index is -3.24. The van der Waals surface area contributed by atoms with Crippen molar-refractivity contribution in [2.24, 2.45) is 5.92 Å². The van der Waals surface area contributed by atoms with E-state index < -0.39 is 15.8 Å². The molecule has 2 aliphatic rings. The van der Waals surface area contributed by atoms with E-state index in [1.165, 1.54) is 0 Å². The third kappa shape index (κ3) is 4.06. The number of anilines is 1. The number of fused-ring (bicyclic) bond motifs is 1. The number of hydrogen-bond donors (Lipinski definition) is 2. The van der Waals surface area contributed by atoms with E-state index in [0.29, 0.717) is 41.7 Å². The van der Waals surface area contributed by atoms with Crippen LogP contribution in [0.15, 0.2) is 24.7 Å². The number of nitrogens with one attached hydrogen (secondary N) is 2. The molecule has 32 heavy (non-hydrogen) atoms. The van der Waals surface area contributed by atoms with E-state index in [1.807, 2.05) is 0 Å². The maximum absolute atomic E-state index is 14.4. The van der Waals surface area contributed by atoms with E-state index in [-0.39, 0.29) is 17.0 Å². The molecule has 1 saturated carbocycles. The second kappa shape index (κ2) is 8.57. The molecule has 1 unspecified atom stereocenters. The van der Waals surface area contributed by atoms with E-state index in [0.717, 1.165) is 43.7 Å². The first kappa shape index (κ1) is 21.5. The summed E-state index contributed by atoms with van der Waals surface area (Å²) in [6.45, 7) is 1.41. The van der Waals surface area contributed by atoms with E-state index in [4.69, 9.17) is 11.6 Å². The highest BCUT2D eigenvalue weighted by Gasteiger charge is 2.38. The molecule has 1 aliphatic heterocycles. The Hall–Kier alpha value is -2.30. The largest absolute Gasteiger partial charge is 0.367 e. The fourth-order valence-electron chi connectivity index (χ4n) is 4.62. The molecular formula is C21H24ClFN6O2S. The molecule has 0 spiro atoms. The number of rotatable bonds is 6. The molecule has 3 aromatic rings. The Balaban J connectivity index is 1.29. The van der Waals surface area contributed by atoms with Gasteiger partial charge in [-0.1, -0.05) is 24.4 Å². The number of sulfonamides is 1. The van der Waals surface area contributed by atoms with Crippen molar-refractivity contribution in [2.75, 3.05) is 25.0 Å². The number of nitrogens with zero attached hydrogens (tertiary/aromatic N) is 4. The zero-order chi connectivity index (χ0) is 22.3. The topological polar surface area (TPSA) is 104 Å². The Labute approximate surface area is 190 Å². The SMILES string of the molecule is O=S(=O)(C1CCCC1)N1CCC(CNc2nc(-c3c[nH]c4ncc(Cl)cc34)ncc2F)C1. The minimum absolute atomic E-state index is 0.0939. The van der Waals surface area contributed by atoms with E-state index in [1.54, 1.807) is 22.8 Å². The van der Waals surface area contributed by atoms with E-state index in [9.17, 15) is 12.8 Å². The van der Waals surface area contributed by atoms with Gasteiger partial charge in [0.1, 0.15) is 5.65 Å². The third-order valence-electron chi connectivity index (χ3n) is 6.37. The summed E-state index contributed by atoms with van der Waals surface area (Å²) in [7, 11) is -3.24. The zero-order valence-electron chi connectivity index (χ0n) is 17.4. The molecule has 8 nitrogen and oxygen atoms in total. The van der Waals surface area contributed by atoms with E-state index in [2.05, 4.69) is 25.3 Å². The highest BCUT2D eigenvalue weighted by Crippen LogP contribution is 2.31. The van der Waals surface area contributed by atoms with Crippen molar-refractivity contribution in [1.29, 1.82) is 0 Å². The molecule has 0 bridgehead atoms. The smallest absolute Gasteiger partial charge is 0.216 e. The Kier molecular flexibility index (Phi) is 5.77. The van der Waals surface area contributed by atoms with Crippen LogP contribution >= 0.6 is 11.6 Å². The minimum Gasteiger partial charge on any atom is -0.367 e. The summed E-state index contributed by atoms with van der Waals surface area (Å²) in [5.41, 5.74) is 1.31. The van der Waals surface area contributed by atoms with Crippen LogP contribution in [-0.2, 0) is 10.0 Å². The monoisotopic (exact) mass is 478 g/mol. The maximum atomic E-state index is 14.4. The first-order valence-electron chi connectivity index (χ1n) is 10.8. The van der Waals surface area contributed by atoms with Gasteiger partial charge in [-0.2, -0.15) is 0 Å². The standard InChI is InChI=1S/C21H24ClFN6O2S/c22-14-7-16-17(10-26-19(16)25-9-14)20-27-11-18(23)21(28-20)24-8-13-5-6-29(12-13)32(30,31)15-3-1-2-4-15/h7,9-11,13,15H,1-6,8,12H2,(H,25,26)(H,24,27,28). The van der Waals surface area contributed by atoms with E-state index >= 15 is 0 Å². The fraction of sp³-hybridized carbons (Fsp3) is 0.476. The number of hydrogen-bond acceptors (Lipinski definition) is 6. The molecule has 0 radical (unpaired) electrons. The average Bonchev–Trinajstić information content (AvgIpc) is 3.53. The van der Waals surface area contributed by atoms with Gasteiger partial charge < -0.3 is 10.3 Å². The third-order valence-corrected chi connectivity index (χ3v) is 8.94. The van der Waals surface area contributed by atoms with Gasteiger partial charge in [0.25, 0.3) is 0 Å². The number of aromatic nitrogens is 4. The maximum Gasteiger partial charge on any atom is 0.216 e. The number of pyridine rings is 1. The Morgan fingerprint density at radius 2 is 2.03 bits per heavy atom. The molecular weight excluding hydrogens is 455 g/mol. The van der Waals surface area contributed by atoms with Crippen LogP contribution in [0.1, 0.15) is 32.1 Å². The van der Waals surface area contributed by atoms with Gasteiger partial charge in [0, 0.05) is 43.0 Å². The highest BCUT2D eigenvalue weighted by molar-refractivity contribution is 7.89. The predicted octanol–water partition coefficient (Wildman–Crippen LogP) is 3.82. The number of aromatic amines is 1. The Bertz CT molecular complexity index is 1240. The van der Waals surface area contributed by atoms with Crippen molar-refractivity contribution in [3.63, 3.8) is 0 Å². The second-order valence-electron chi connectivity index (χ2n) is 8.49. The van der Waals surface area contributed by atoms with Crippen molar-refractivity contribution in [1.82, 2.24) is 24.2 Å². The van der Waals surface area contributed by atoms with Crippen molar-refractivity contribution >= 4 is 38.5 Å². The van der Waals surface area contributed by atoms with Gasteiger partial charge in [0.15, 0.2) is 17.5 Å². The average molecular weight is 479 g/mol. The highest BCUT2D eigenvalue weighted by atomic mass is 35.5. The summed E-state index contributed by atoms with van der Waals surface area (Å²) in [5, 5.41) is 4.05. The summed E-state index contributed by atoms with van der Waals surface area (Å²) in [6, 6.07) is 1.76. The van der Waals surface area contributed by atoms with Crippen LogP contribution in [-0.4, -0.2) is 57.5 Å². The lowest BCUT2D eigenvalue weighted by Gasteiger charge is -2.21. The van der Waals surface area contributed by atoms with Gasteiger partial charge in [0.2, 0.25) is 10.0 Å². The van der Waals surface area contributed by atoms with Crippen molar-refractivity contribution in [2.45, 2.75) is 37.4 Å². The molecule has 2 fully saturated rings. The molecule has 11 heteroatoms. The molecule has 3 aromatic heterocycles. The summed E-state index contributed by atoms with van der Waals surface area (Å²) in [4.78, 5) is 15.8. The van der Waals surface area contributed by atoms with Gasteiger partial charge in [-0.15, -0.1) is 0 Å². The van der Waals surface area contributed by atoms with Crippen LogP contribution < -0.4 is 5.32 Å². The molecule has 170 valence electrons. The van der Waals surface area contributed by atoms with Gasteiger partial charge in [-0.25, -0.2) is 32.1 Å².